The average molecular weight is 299 g/mol. The van der Waals surface area contributed by atoms with E-state index >= 15 is 0 Å². The van der Waals surface area contributed by atoms with E-state index in [1.807, 2.05) is 19.0 Å². The Hall–Kier alpha value is -2.06. The summed E-state index contributed by atoms with van der Waals surface area (Å²) >= 11 is 0. The minimum absolute atomic E-state index is 0.126. The summed E-state index contributed by atoms with van der Waals surface area (Å²) in [6.07, 6.45) is 0. The van der Waals surface area contributed by atoms with Crippen LogP contribution in [0.3, 0.4) is 0 Å². The van der Waals surface area contributed by atoms with E-state index in [-0.39, 0.29) is 18.3 Å². The SMILES string of the molecule is CN(C)CCOCCNC(=O)NCc1ccc(C(=O)O)o1. The second-order valence-electron chi connectivity index (χ2n) is 4.60. The first-order valence-electron chi connectivity index (χ1n) is 6.55. The van der Waals surface area contributed by atoms with Gasteiger partial charge in [0.1, 0.15) is 5.76 Å². The maximum absolute atomic E-state index is 11.5. The largest absolute Gasteiger partial charge is 0.475 e. The van der Waals surface area contributed by atoms with Crippen LogP contribution in [0.15, 0.2) is 16.5 Å². The second-order valence-corrected chi connectivity index (χ2v) is 4.60. The molecule has 0 aliphatic carbocycles. The Labute approximate surface area is 123 Å². The third-order valence-electron chi connectivity index (χ3n) is 2.51. The number of likely N-dealkylation sites (N-methyl/N-ethyl adjacent to an activating group) is 1. The van der Waals surface area contributed by atoms with Crippen molar-refractivity contribution < 1.29 is 23.8 Å². The Morgan fingerprint density at radius 2 is 2.05 bits per heavy atom. The quantitative estimate of drug-likeness (QED) is 0.569. The first kappa shape index (κ1) is 17.0. The molecule has 1 aromatic heterocycles. The second kappa shape index (κ2) is 8.98. The van der Waals surface area contributed by atoms with Crippen molar-refractivity contribution in [1.82, 2.24) is 15.5 Å². The minimum Gasteiger partial charge on any atom is -0.475 e. The number of rotatable bonds is 9. The van der Waals surface area contributed by atoms with E-state index in [4.69, 9.17) is 14.3 Å². The minimum atomic E-state index is -1.14. The molecule has 0 aromatic carbocycles. The molecule has 8 nitrogen and oxygen atoms in total. The van der Waals surface area contributed by atoms with Gasteiger partial charge < -0.3 is 29.8 Å². The Kier molecular flexibility index (Phi) is 7.27. The van der Waals surface area contributed by atoms with Crippen molar-refractivity contribution in [2.75, 3.05) is 40.4 Å². The number of carbonyl (C=O) groups is 2. The molecule has 0 bridgehead atoms. The van der Waals surface area contributed by atoms with Crippen LogP contribution in [-0.4, -0.2) is 62.4 Å². The summed E-state index contributed by atoms with van der Waals surface area (Å²) in [5.41, 5.74) is 0. The first-order valence-corrected chi connectivity index (χ1v) is 6.55. The third-order valence-corrected chi connectivity index (χ3v) is 2.51. The molecule has 0 spiro atoms. The fourth-order valence-corrected chi connectivity index (χ4v) is 1.40. The molecule has 1 rings (SSSR count). The van der Waals surface area contributed by atoms with E-state index in [2.05, 4.69) is 10.6 Å². The Morgan fingerprint density at radius 1 is 1.29 bits per heavy atom. The number of ether oxygens (including phenoxy) is 1. The number of carboxylic acid groups (broad SMARTS) is 1. The van der Waals surface area contributed by atoms with Gasteiger partial charge in [-0.3, -0.25) is 0 Å². The van der Waals surface area contributed by atoms with Gasteiger partial charge in [0, 0.05) is 13.1 Å². The molecule has 0 fully saturated rings. The van der Waals surface area contributed by atoms with Crippen LogP contribution >= 0.6 is 0 Å². The zero-order chi connectivity index (χ0) is 15.7. The highest BCUT2D eigenvalue weighted by Crippen LogP contribution is 2.07. The number of carbonyl (C=O) groups excluding carboxylic acids is 1. The van der Waals surface area contributed by atoms with Gasteiger partial charge in [-0.15, -0.1) is 0 Å². The molecule has 0 unspecified atom stereocenters. The predicted octanol–water partition coefficient (Wildman–Crippen LogP) is 0.355. The van der Waals surface area contributed by atoms with Crippen molar-refractivity contribution in [1.29, 1.82) is 0 Å². The van der Waals surface area contributed by atoms with Gasteiger partial charge in [-0.1, -0.05) is 0 Å². The average Bonchev–Trinajstić information content (AvgIpc) is 2.89. The molecule has 21 heavy (non-hydrogen) atoms. The Morgan fingerprint density at radius 3 is 2.67 bits per heavy atom. The molecule has 0 aliphatic heterocycles. The van der Waals surface area contributed by atoms with Crippen molar-refractivity contribution in [3.8, 4) is 0 Å². The fourth-order valence-electron chi connectivity index (χ4n) is 1.40. The van der Waals surface area contributed by atoms with Crippen molar-refractivity contribution in [3.05, 3.63) is 23.7 Å². The van der Waals surface area contributed by atoms with Crippen LogP contribution in [-0.2, 0) is 11.3 Å². The van der Waals surface area contributed by atoms with Gasteiger partial charge in [0.2, 0.25) is 5.76 Å². The maximum atomic E-state index is 11.5. The van der Waals surface area contributed by atoms with Gasteiger partial charge >= 0.3 is 12.0 Å². The highest BCUT2D eigenvalue weighted by atomic mass is 16.5. The highest BCUT2D eigenvalue weighted by Gasteiger charge is 2.09. The lowest BCUT2D eigenvalue weighted by atomic mass is 10.4. The van der Waals surface area contributed by atoms with Crippen LogP contribution in [0.2, 0.25) is 0 Å². The molecule has 3 N–H and O–H groups in total. The van der Waals surface area contributed by atoms with Crippen LogP contribution < -0.4 is 10.6 Å². The van der Waals surface area contributed by atoms with E-state index in [9.17, 15) is 9.59 Å². The standard InChI is InChI=1S/C13H21N3O5/c1-16(2)6-8-20-7-5-14-13(19)15-9-10-3-4-11(21-10)12(17)18/h3-4H,5-9H2,1-2H3,(H,17,18)(H2,14,15,19). The lowest BCUT2D eigenvalue weighted by molar-refractivity contribution is 0.0660. The summed E-state index contributed by atoms with van der Waals surface area (Å²) in [4.78, 5) is 24.1. The normalized spacial score (nSPS) is 10.6. The van der Waals surface area contributed by atoms with Gasteiger partial charge in [0.15, 0.2) is 0 Å². The molecule has 2 amide bonds. The van der Waals surface area contributed by atoms with Gasteiger partial charge in [0.05, 0.1) is 19.8 Å². The number of hydrogen-bond donors (Lipinski definition) is 3. The van der Waals surface area contributed by atoms with Gasteiger partial charge in [-0.05, 0) is 26.2 Å². The van der Waals surface area contributed by atoms with Gasteiger partial charge in [-0.25, -0.2) is 9.59 Å². The zero-order valence-electron chi connectivity index (χ0n) is 12.2. The van der Waals surface area contributed by atoms with E-state index < -0.39 is 5.97 Å². The van der Waals surface area contributed by atoms with E-state index in [1.165, 1.54) is 12.1 Å². The number of carboxylic acids is 1. The zero-order valence-corrected chi connectivity index (χ0v) is 12.2. The van der Waals surface area contributed by atoms with Crippen LogP contribution in [0.5, 0.6) is 0 Å². The Balaban J connectivity index is 2.09. The van der Waals surface area contributed by atoms with Gasteiger partial charge in [0.25, 0.3) is 0 Å². The van der Waals surface area contributed by atoms with Crippen molar-refractivity contribution in [2.24, 2.45) is 0 Å². The molecule has 0 saturated heterocycles. The van der Waals surface area contributed by atoms with E-state index in [0.717, 1.165) is 6.54 Å². The topological polar surface area (TPSA) is 104 Å². The molecular weight excluding hydrogens is 278 g/mol. The Bertz CT molecular complexity index is 458. The first-order chi connectivity index (χ1) is 9.99. The van der Waals surface area contributed by atoms with Crippen LogP contribution in [0, 0.1) is 0 Å². The fraction of sp³-hybridized carbons (Fsp3) is 0.538. The molecule has 0 saturated carbocycles. The number of amides is 2. The summed E-state index contributed by atoms with van der Waals surface area (Å²) in [6, 6.07) is 2.49. The molecule has 8 heteroatoms. The van der Waals surface area contributed by atoms with Gasteiger partial charge in [-0.2, -0.15) is 0 Å². The number of urea groups is 1. The highest BCUT2D eigenvalue weighted by molar-refractivity contribution is 5.84. The van der Waals surface area contributed by atoms with Crippen LogP contribution in [0.25, 0.3) is 0 Å². The van der Waals surface area contributed by atoms with Crippen molar-refractivity contribution in [2.45, 2.75) is 6.54 Å². The summed E-state index contributed by atoms with van der Waals surface area (Å²) in [5.74, 6) is -0.910. The predicted molar refractivity (Wildman–Crippen MR) is 75.3 cm³/mol. The summed E-state index contributed by atoms with van der Waals surface area (Å²) in [7, 11) is 3.92. The van der Waals surface area contributed by atoms with E-state index in [1.54, 1.807) is 0 Å². The molecule has 1 heterocycles. The molecular formula is C13H21N3O5. The van der Waals surface area contributed by atoms with Crippen molar-refractivity contribution >= 4 is 12.0 Å². The van der Waals surface area contributed by atoms with E-state index in [0.29, 0.717) is 25.5 Å². The molecule has 0 aliphatic rings. The number of aromatic carboxylic acids is 1. The summed E-state index contributed by atoms with van der Waals surface area (Å²) in [6.45, 7) is 2.40. The van der Waals surface area contributed by atoms with Crippen molar-refractivity contribution in [3.63, 3.8) is 0 Å². The molecule has 1 aromatic rings. The lowest BCUT2D eigenvalue weighted by Crippen LogP contribution is -2.37. The number of nitrogens with one attached hydrogen (secondary N) is 2. The monoisotopic (exact) mass is 299 g/mol. The number of furan rings is 1. The third kappa shape index (κ3) is 7.33. The number of nitrogens with zero attached hydrogens (tertiary/aromatic N) is 1. The maximum Gasteiger partial charge on any atom is 0.371 e. The summed E-state index contributed by atoms with van der Waals surface area (Å²) < 4.78 is 10.3. The summed E-state index contributed by atoms with van der Waals surface area (Å²) in [5, 5.41) is 13.9. The smallest absolute Gasteiger partial charge is 0.371 e. The molecule has 0 atom stereocenters. The van der Waals surface area contributed by atoms with Crippen LogP contribution in [0.4, 0.5) is 4.79 Å². The molecule has 0 radical (unpaired) electrons. The number of hydrogen-bond acceptors (Lipinski definition) is 5. The molecule has 118 valence electrons. The lowest BCUT2D eigenvalue weighted by Gasteiger charge is -2.10. The van der Waals surface area contributed by atoms with Crippen LogP contribution in [0.1, 0.15) is 16.3 Å².